The van der Waals surface area contributed by atoms with Gasteiger partial charge in [0.05, 0.1) is 13.2 Å². The molecule has 2 aliphatic heterocycles. The van der Waals surface area contributed by atoms with E-state index in [1.165, 1.54) is 39.5 Å². The third-order valence-electron chi connectivity index (χ3n) is 6.00. The van der Waals surface area contributed by atoms with E-state index >= 15 is 0 Å². The molecule has 2 aliphatic rings. The zero-order chi connectivity index (χ0) is 27.4. The van der Waals surface area contributed by atoms with Gasteiger partial charge in [-0.2, -0.15) is 0 Å². The van der Waals surface area contributed by atoms with Gasteiger partial charge in [0.2, 0.25) is 0 Å². The summed E-state index contributed by atoms with van der Waals surface area (Å²) in [4.78, 5) is 0. The molecule has 2 fully saturated rings. The van der Waals surface area contributed by atoms with E-state index in [4.69, 9.17) is 40.1 Å². The van der Waals surface area contributed by atoms with Crippen molar-refractivity contribution in [2.75, 3.05) is 13.2 Å². The van der Waals surface area contributed by atoms with E-state index in [2.05, 4.69) is 13.8 Å². The molecule has 0 aromatic rings. The van der Waals surface area contributed by atoms with Crippen molar-refractivity contribution in [2.45, 2.75) is 123 Å². The Balaban J connectivity index is 0.000000506. The second-order valence-electron chi connectivity index (χ2n) is 9.27. The molecule has 0 amide bonds. The van der Waals surface area contributed by atoms with E-state index in [1.807, 2.05) is 0 Å². The van der Waals surface area contributed by atoms with Gasteiger partial charge < -0.3 is 60.5 Å². The third kappa shape index (κ3) is 10.5. The molecule has 35 heavy (non-hydrogen) atoms. The van der Waals surface area contributed by atoms with Crippen molar-refractivity contribution in [3.63, 3.8) is 0 Å². The normalized spacial score (nSPS) is 41.3. The van der Waals surface area contributed by atoms with E-state index in [0.717, 1.165) is 0 Å². The van der Waals surface area contributed by atoms with Crippen LogP contribution in [-0.2, 0) is 9.47 Å². The quantitative estimate of drug-likeness (QED) is 0.100. The van der Waals surface area contributed by atoms with E-state index in [0.29, 0.717) is 0 Å². The van der Waals surface area contributed by atoms with E-state index in [9.17, 15) is 20.4 Å². The van der Waals surface area contributed by atoms with Gasteiger partial charge in [0, 0.05) is 0 Å². The first-order valence-corrected chi connectivity index (χ1v) is 16.0. The molecule has 10 unspecified atom stereocenters. The summed E-state index contributed by atoms with van der Waals surface area (Å²) in [7, 11) is 0. The predicted octanol–water partition coefficient (Wildman–Crippen LogP) is -2.54. The number of ether oxygens (including phenoxy) is 2. The summed E-state index contributed by atoms with van der Waals surface area (Å²) in [5.74, 6) is 0. The molecule has 0 spiro atoms. The van der Waals surface area contributed by atoms with Crippen molar-refractivity contribution < 1.29 is 60.5 Å². The number of aliphatic hydroxyl groups is 10. The first-order chi connectivity index (χ1) is 16.3. The molecule has 0 saturated carbocycles. The van der Waals surface area contributed by atoms with Crippen molar-refractivity contribution in [1.82, 2.24) is 0 Å². The summed E-state index contributed by atoms with van der Waals surface area (Å²) in [6.07, 6.45) is -6.41. The van der Waals surface area contributed by atoms with Crippen LogP contribution in [0.4, 0.5) is 0 Å². The van der Waals surface area contributed by atoms with Gasteiger partial charge >= 0.3 is 69.5 Å². The Kier molecular flexibility index (Phi) is 17.2. The molecular formula is C22H46O12Sn. The fourth-order valence-corrected chi connectivity index (χ4v) is 7.41. The SMILES string of the molecule is CC1(CO)OC(O)C(O)C(O)C1O.CC1(CO)OC(O)C(O)C(O)C1O.CCC[CH2][Sn][CH2]CCC. The standard InChI is InChI=1S/2C7H14O6.2C4H9.Sn/c2*1-7(2-8)5(11)3(9)4(10)6(12)13-7;2*1-3-4-2;/h2*3-6,8-12H,2H2,1H3;2*1,3-4H2,2H3;. The van der Waals surface area contributed by atoms with Crippen molar-refractivity contribution in [3.8, 4) is 0 Å². The molecule has 2 radical (unpaired) electrons. The first kappa shape index (κ1) is 35.3. The Morgan fingerprint density at radius 3 is 1.17 bits per heavy atom. The zero-order valence-electron chi connectivity index (χ0n) is 21.1. The molecule has 2 rings (SSSR count). The van der Waals surface area contributed by atoms with Crippen LogP contribution in [0.25, 0.3) is 0 Å². The molecule has 0 aliphatic carbocycles. The van der Waals surface area contributed by atoms with Crippen LogP contribution in [0.2, 0.25) is 8.87 Å². The van der Waals surface area contributed by atoms with Crippen molar-refractivity contribution in [3.05, 3.63) is 0 Å². The van der Waals surface area contributed by atoms with Gasteiger partial charge in [0.15, 0.2) is 12.6 Å². The first-order valence-electron chi connectivity index (χ1n) is 12.0. The molecular weight excluding hydrogens is 575 g/mol. The second kappa shape index (κ2) is 17.0. The van der Waals surface area contributed by atoms with Crippen LogP contribution in [0.3, 0.4) is 0 Å². The van der Waals surface area contributed by atoms with E-state index < -0.39 is 73.6 Å². The number of hydrogen-bond donors (Lipinski definition) is 10. The topological polar surface area (TPSA) is 221 Å². The van der Waals surface area contributed by atoms with Crippen molar-refractivity contribution in [1.29, 1.82) is 0 Å². The second-order valence-corrected chi connectivity index (χ2v) is 13.5. The molecule has 10 atom stereocenters. The molecule has 13 heteroatoms. The fraction of sp³-hybridized carbons (Fsp3) is 1.00. The van der Waals surface area contributed by atoms with Crippen LogP contribution in [0.5, 0.6) is 0 Å². The van der Waals surface area contributed by atoms with Gasteiger partial charge in [0.25, 0.3) is 0 Å². The Hall–Kier alpha value is 0.319. The van der Waals surface area contributed by atoms with Crippen LogP contribution >= 0.6 is 0 Å². The van der Waals surface area contributed by atoms with Gasteiger partial charge in [-0.05, 0) is 13.8 Å². The summed E-state index contributed by atoms with van der Waals surface area (Å²) in [6, 6.07) is 0. The van der Waals surface area contributed by atoms with Crippen LogP contribution in [0.15, 0.2) is 0 Å². The molecule has 12 nitrogen and oxygen atoms in total. The number of hydrogen-bond acceptors (Lipinski definition) is 12. The maximum absolute atomic E-state index is 9.38. The average molecular weight is 621 g/mol. The minimum atomic E-state index is -1.60. The molecule has 210 valence electrons. The third-order valence-corrected chi connectivity index (χ3v) is 10.0. The molecule has 10 N–H and O–H groups in total. The predicted molar refractivity (Wildman–Crippen MR) is 126 cm³/mol. The van der Waals surface area contributed by atoms with Crippen molar-refractivity contribution in [2.24, 2.45) is 0 Å². The Bertz CT molecular complexity index is 515. The molecule has 2 saturated heterocycles. The summed E-state index contributed by atoms with van der Waals surface area (Å²) in [5.41, 5.74) is -2.89. The van der Waals surface area contributed by atoms with Crippen LogP contribution in [0, 0.1) is 0 Å². The molecule has 0 bridgehead atoms. The van der Waals surface area contributed by atoms with Gasteiger partial charge in [0.1, 0.15) is 47.8 Å². The fourth-order valence-electron chi connectivity index (χ4n) is 3.25. The monoisotopic (exact) mass is 622 g/mol. The Labute approximate surface area is 217 Å². The Morgan fingerprint density at radius 2 is 0.914 bits per heavy atom. The zero-order valence-corrected chi connectivity index (χ0v) is 23.9. The molecule has 2 heterocycles. The Morgan fingerprint density at radius 1 is 0.600 bits per heavy atom. The van der Waals surface area contributed by atoms with Gasteiger partial charge in [-0.15, -0.1) is 0 Å². The van der Waals surface area contributed by atoms with Crippen LogP contribution < -0.4 is 0 Å². The van der Waals surface area contributed by atoms with Gasteiger partial charge in [-0.3, -0.25) is 0 Å². The van der Waals surface area contributed by atoms with Gasteiger partial charge in [-0.1, -0.05) is 0 Å². The van der Waals surface area contributed by atoms with Gasteiger partial charge in [-0.25, -0.2) is 0 Å². The summed E-state index contributed by atoms with van der Waals surface area (Å²) >= 11 is 0.149. The van der Waals surface area contributed by atoms with Crippen LogP contribution in [0.1, 0.15) is 53.4 Å². The van der Waals surface area contributed by atoms with Crippen molar-refractivity contribution >= 4 is 21.1 Å². The average Bonchev–Trinajstić information content (AvgIpc) is 2.84. The number of unbranched alkanes of at least 4 members (excludes halogenated alkanes) is 2. The minimum absolute atomic E-state index is 0.149. The summed E-state index contributed by atoms with van der Waals surface area (Å²) in [6.45, 7) is 6.12. The summed E-state index contributed by atoms with van der Waals surface area (Å²) in [5, 5.41) is 91.2. The number of rotatable bonds is 8. The van der Waals surface area contributed by atoms with E-state index in [-0.39, 0.29) is 21.1 Å². The summed E-state index contributed by atoms with van der Waals surface area (Å²) < 4.78 is 12.8. The number of aliphatic hydroxyl groups excluding tert-OH is 10. The molecule has 0 aromatic heterocycles. The molecule has 0 aromatic carbocycles. The van der Waals surface area contributed by atoms with Crippen LogP contribution in [-0.4, -0.2) is 146 Å². The maximum atomic E-state index is 9.38. The van der Waals surface area contributed by atoms with E-state index in [1.54, 1.807) is 8.87 Å².